The van der Waals surface area contributed by atoms with Gasteiger partial charge in [0.15, 0.2) is 0 Å². The number of hydrogen-bond acceptors (Lipinski definition) is 4. The van der Waals surface area contributed by atoms with E-state index in [0.29, 0.717) is 0 Å². The van der Waals surface area contributed by atoms with Gasteiger partial charge in [0.25, 0.3) is 0 Å². The van der Waals surface area contributed by atoms with Crippen LogP contribution in [0, 0.1) is 13.8 Å². The topological polar surface area (TPSA) is 45.2 Å². The molecule has 0 unspecified atom stereocenters. The molecule has 1 aliphatic carbocycles. The van der Waals surface area contributed by atoms with E-state index in [4.69, 9.17) is 5.11 Å². The largest absolute Gasteiger partial charge is 0.396 e. The van der Waals surface area contributed by atoms with Crippen molar-refractivity contribution in [1.29, 1.82) is 0 Å². The van der Waals surface area contributed by atoms with Gasteiger partial charge in [-0.15, -0.1) is 23.7 Å². The fourth-order valence-corrected chi connectivity index (χ4v) is 3.21. The minimum absolute atomic E-state index is 0. The van der Waals surface area contributed by atoms with E-state index in [2.05, 4.69) is 17.2 Å². The molecule has 0 bridgehead atoms. The number of thiazole rings is 1. The summed E-state index contributed by atoms with van der Waals surface area (Å²) in [4.78, 5) is 5.77. The van der Waals surface area contributed by atoms with Crippen LogP contribution in [-0.2, 0) is 6.54 Å². The van der Waals surface area contributed by atoms with Crippen LogP contribution in [0.25, 0.3) is 0 Å². The molecule has 1 aliphatic rings. The molecule has 3 nitrogen and oxygen atoms in total. The molecule has 1 aromatic heterocycles. The Morgan fingerprint density at radius 2 is 2.12 bits per heavy atom. The summed E-state index contributed by atoms with van der Waals surface area (Å²) in [5.41, 5.74) is 1.35. The lowest BCUT2D eigenvalue weighted by molar-refractivity contribution is 0.130. The van der Waals surface area contributed by atoms with Crippen molar-refractivity contribution < 1.29 is 5.11 Å². The van der Waals surface area contributed by atoms with Gasteiger partial charge in [0.05, 0.1) is 10.7 Å². The number of aliphatic hydroxyl groups is 1. The van der Waals surface area contributed by atoms with Crippen LogP contribution in [-0.4, -0.2) is 22.2 Å². The van der Waals surface area contributed by atoms with Crippen molar-refractivity contribution in [3.63, 3.8) is 0 Å². The number of aromatic nitrogens is 1. The summed E-state index contributed by atoms with van der Waals surface area (Å²) in [5, 5.41) is 13.8. The van der Waals surface area contributed by atoms with E-state index >= 15 is 0 Å². The van der Waals surface area contributed by atoms with Gasteiger partial charge in [-0.1, -0.05) is 0 Å². The van der Waals surface area contributed by atoms with E-state index < -0.39 is 0 Å². The summed E-state index contributed by atoms with van der Waals surface area (Å²) < 4.78 is 0. The number of aliphatic hydroxyl groups excluding tert-OH is 1. The summed E-state index contributed by atoms with van der Waals surface area (Å²) in [6.45, 7) is 5.30. The standard InChI is InChI=1S/C12H20N2OS.ClH/c1-9-11(16-10(2)14-9)8-13-12(6-7-15)4-3-5-12;/h13,15H,3-8H2,1-2H3;1H. The van der Waals surface area contributed by atoms with Crippen LogP contribution in [0.1, 0.15) is 41.3 Å². The molecule has 1 saturated carbocycles. The van der Waals surface area contributed by atoms with E-state index in [1.54, 1.807) is 11.3 Å². The Morgan fingerprint density at radius 1 is 1.41 bits per heavy atom. The second kappa shape index (κ2) is 6.14. The lowest BCUT2D eigenvalue weighted by Crippen LogP contribution is -2.51. The molecule has 0 spiro atoms. The molecule has 17 heavy (non-hydrogen) atoms. The summed E-state index contributed by atoms with van der Waals surface area (Å²) >= 11 is 1.77. The molecule has 98 valence electrons. The summed E-state index contributed by atoms with van der Waals surface area (Å²) in [6.07, 6.45) is 4.56. The number of rotatable bonds is 5. The minimum Gasteiger partial charge on any atom is -0.396 e. The third kappa shape index (κ3) is 3.41. The zero-order valence-electron chi connectivity index (χ0n) is 10.5. The predicted molar refractivity (Wildman–Crippen MR) is 74.0 cm³/mol. The second-order valence-corrected chi connectivity index (χ2v) is 5.99. The van der Waals surface area contributed by atoms with Crippen LogP contribution in [0.5, 0.6) is 0 Å². The third-order valence-corrected chi connectivity index (χ3v) is 4.60. The van der Waals surface area contributed by atoms with Crippen LogP contribution < -0.4 is 5.32 Å². The molecule has 2 N–H and O–H groups in total. The van der Waals surface area contributed by atoms with Crippen LogP contribution in [0.2, 0.25) is 0 Å². The first-order valence-corrected chi connectivity index (χ1v) is 6.76. The Bertz CT molecular complexity index is 363. The van der Waals surface area contributed by atoms with Crippen molar-refractivity contribution in [2.45, 2.75) is 51.6 Å². The molecule has 0 radical (unpaired) electrons. The van der Waals surface area contributed by atoms with E-state index in [9.17, 15) is 0 Å². The molecule has 1 fully saturated rings. The normalized spacial score (nSPS) is 17.4. The van der Waals surface area contributed by atoms with Crippen molar-refractivity contribution in [2.24, 2.45) is 0 Å². The molecule has 1 heterocycles. The second-order valence-electron chi connectivity index (χ2n) is 4.70. The summed E-state index contributed by atoms with van der Waals surface area (Å²) in [6, 6.07) is 0. The Balaban J connectivity index is 0.00000144. The number of hydrogen-bond donors (Lipinski definition) is 2. The maximum atomic E-state index is 9.07. The van der Waals surface area contributed by atoms with Gasteiger partial charge in [-0.3, -0.25) is 0 Å². The Hall–Kier alpha value is -0.160. The molecule has 5 heteroatoms. The highest BCUT2D eigenvalue weighted by Crippen LogP contribution is 2.35. The van der Waals surface area contributed by atoms with Crippen molar-refractivity contribution in [2.75, 3.05) is 6.61 Å². The van der Waals surface area contributed by atoms with E-state index in [-0.39, 0.29) is 24.6 Å². The maximum absolute atomic E-state index is 9.07. The van der Waals surface area contributed by atoms with Gasteiger partial charge in [0, 0.05) is 23.6 Å². The van der Waals surface area contributed by atoms with Crippen LogP contribution in [0.15, 0.2) is 0 Å². The highest BCUT2D eigenvalue weighted by atomic mass is 35.5. The Labute approximate surface area is 113 Å². The lowest BCUT2D eigenvalue weighted by atomic mass is 9.74. The molecule has 0 aromatic carbocycles. The zero-order valence-corrected chi connectivity index (χ0v) is 12.1. The average molecular weight is 277 g/mol. The lowest BCUT2D eigenvalue weighted by Gasteiger charge is -2.42. The number of nitrogens with one attached hydrogen (secondary N) is 1. The SMILES string of the molecule is Cc1nc(C)c(CNC2(CCO)CCC2)s1.Cl. The monoisotopic (exact) mass is 276 g/mol. The molecular formula is C12H21ClN2OS. The van der Waals surface area contributed by atoms with Crippen LogP contribution in [0.3, 0.4) is 0 Å². The van der Waals surface area contributed by atoms with E-state index in [0.717, 1.165) is 23.7 Å². The van der Waals surface area contributed by atoms with Crippen LogP contribution in [0.4, 0.5) is 0 Å². The first-order valence-electron chi connectivity index (χ1n) is 5.94. The van der Waals surface area contributed by atoms with Crippen molar-refractivity contribution in [3.8, 4) is 0 Å². The summed E-state index contributed by atoms with van der Waals surface area (Å²) in [7, 11) is 0. The quantitative estimate of drug-likeness (QED) is 0.869. The number of aryl methyl sites for hydroxylation is 2. The molecule has 0 aliphatic heterocycles. The first-order chi connectivity index (χ1) is 7.65. The fourth-order valence-electron chi connectivity index (χ4n) is 2.34. The molecular weight excluding hydrogens is 256 g/mol. The Kier molecular flexibility index (Phi) is 5.38. The third-order valence-electron chi connectivity index (χ3n) is 3.52. The highest BCUT2D eigenvalue weighted by Gasteiger charge is 2.35. The van der Waals surface area contributed by atoms with Gasteiger partial charge in [0.1, 0.15) is 0 Å². The molecule has 0 saturated heterocycles. The molecule has 0 amide bonds. The smallest absolute Gasteiger partial charge is 0.0900 e. The zero-order chi connectivity index (χ0) is 11.6. The number of nitrogens with zero attached hydrogens (tertiary/aromatic N) is 1. The van der Waals surface area contributed by atoms with Gasteiger partial charge in [-0.05, 0) is 39.5 Å². The van der Waals surface area contributed by atoms with Gasteiger partial charge in [-0.25, -0.2) is 4.98 Å². The van der Waals surface area contributed by atoms with Gasteiger partial charge in [-0.2, -0.15) is 0 Å². The van der Waals surface area contributed by atoms with Crippen molar-refractivity contribution in [3.05, 3.63) is 15.6 Å². The fraction of sp³-hybridized carbons (Fsp3) is 0.750. The molecule has 0 atom stereocenters. The average Bonchev–Trinajstić information content (AvgIpc) is 2.49. The highest BCUT2D eigenvalue weighted by molar-refractivity contribution is 7.11. The van der Waals surface area contributed by atoms with Crippen molar-refractivity contribution in [1.82, 2.24) is 10.3 Å². The minimum atomic E-state index is 0. The predicted octanol–water partition coefficient (Wildman–Crippen LogP) is 2.58. The first kappa shape index (κ1) is 14.9. The van der Waals surface area contributed by atoms with E-state index in [1.165, 1.54) is 24.1 Å². The Morgan fingerprint density at radius 3 is 2.53 bits per heavy atom. The van der Waals surface area contributed by atoms with Crippen molar-refractivity contribution >= 4 is 23.7 Å². The van der Waals surface area contributed by atoms with Gasteiger partial charge >= 0.3 is 0 Å². The number of halogens is 1. The molecule has 1 aromatic rings. The summed E-state index contributed by atoms with van der Waals surface area (Å²) in [5.74, 6) is 0. The molecule has 2 rings (SSSR count). The maximum Gasteiger partial charge on any atom is 0.0900 e. The van der Waals surface area contributed by atoms with Gasteiger partial charge < -0.3 is 10.4 Å². The van der Waals surface area contributed by atoms with Crippen LogP contribution >= 0.6 is 23.7 Å². The van der Waals surface area contributed by atoms with E-state index in [1.807, 2.05) is 6.92 Å². The van der Waals surface area contributed by atoms with Gasteiger partial charge in [0.2, 0.25) is 0 Å².